The second-order valence-corrected chi connectivity index (χ2v) is 3.89. The third kappa shape index (κ3) is 4.04. The fourth-order valence-corrected chi connectivity index (χ4v) is 1.61. The highest BCUT2D eigenvalue weighted by atomic mass is 16.7. The quantitative estimate of drug-likeness (QED) is 0.386. The molecule has 0 aromatic carbocycles. The number of unbranched alkanes of at least 4 members (excludes halogenated alkanes) is 2. The van der Waals surface area contributed by atoms with Crippen molar-refractivity contribution in [3.05, 3.63) is 12.2 Å². The molecule has 0 aliphatic carbocycles. The lowest BCUT2D eigenvalue weighted by Crippen LogP contribution is -2.42. The summed E-state index contributed by atoms with van der Waals surface area (Å²) in [5, 5.41) is 0. The third-order valence-electron chi connectivity index (χ3n) is 2.57. The van der Waals surface area contributed by atoms with Crippen molar-refractivity contribution in [2.24, 2.45) is 5.92 Å². The van der Waals surface area contributed by atoms with Crippen molar-refractivity contribution in [3.8, 4) is 0 Å². The summed E-state index contributed by atoms with van der Waals surface area (Å²) in [7, 11) is 0. The molecule has 0 bridgehead atoms. The Kier molecular flexibility index (Phi) is 5.40. The molecular weight excluding hydrogens is 192 g/mol. The maximum absolute atomic E-state index is 11.1. The Bertz CT molecular complexity index is 223. The van der Waals surface area contributed by atoms with E-state index in [0.717, 1.165) is 13.0 Å². The van der Waals surface area contributed by atoms with Crippen LogP contribution in [0.4, 0.5) is 0 Å². The zero-order valence-electron chi connectivity index (χ0n) is 9.57. The van der Waals surface area contributed by atoms with Crippen molar-refractivity contribution in [1.29, 1.82) is 0 Å². The number of allylic oxidation sites excluding steroid dienone is 1. The lowest BCUT2D eigenvalue weighted by atomic mass is 9.98. The van der Waals surface area contributed by atoms with Crippen LogP contribution in [0.3, 0.4) is 0 Å². The van der Waals surface area contributed by atoms with Crippen LogP contribution in [0.1, 0.15) is 39.5 Å². The molecule has 0 saturated carbocycles. The molecule has 2 unspecified atom stereocenters. The Labute approximate surface area is 91.4 Å². The molecule has 0 spiro atoms. The number of esters is 1. The van der Waals surface area contributed by atoms with Gasteiger partial charge in [-0.1, -0.05) is 32.3 Å². The number of hydrogen-bond donors (Lipinski definition) is 0. The second kappa shape index (κ2) is 6.62. The number of carbonyl (C=O) groups is 1. The average molecular weight is 212 g/mol. The minimum atomic E-state index is -0.303. The van der Waals surface area contributed by atoms with Crippen LogP contribution in [-0.2, 0) is 14.3 Å². The standard InChI is InChI=1S/C12H20O3/c1-3-5-6-8-10-9-14-12(10)15-11(13)7-4-2/h4,7,10,12H,3,5-6,8-9H2,1-2H3. The SMILES string of the molecule is CC=CC(=O)OC1OCC1CCCCC. The Hall–Kier alpha value is -0.830. The topological polar surface area (TPSA) is 35.5 Å². The van der Waals surface area contributed by atoms with Crippen LogP contribution >= 0.6 is 0 Å². The van der Waals surface area contributed by atoms with Crippen LogP contribution in [0, 0.1) is 5.92 Å². The molecule has 15 heavy (non-hydrogen) atoms. The number of hydrogen-bond acceptors (Lipinski definition) is 3. The molecule has 1 fully saturated rings. The molecule has 1 saturated heterocycles. The van der Waals surface area contributed by atoms with Crippen molar-refractivity contribution in [2.75, 3.05) is 6.61 Å². The fraction of sp³-hybridized carbons (Fsp3) is 0.750. The lowest BCUT2D eigenvalue weighted by molar-refractivity contribution is -0.248. The van der Waals surface area contributed by atoms with E-state index in [0.29, 0.717) is 5.92 Å². The summed E-state index contributed by atoms with van der Waals surface area (Å²) in [6.07, 6.45) is 7.55. The molecule has 1 rings (SSSR count). The minimum absolute atomic E-state index is 0.300. The van der Waals surface area contributed by atoms with Gasteiger partial charge in [0.15, 0.2) is 0 Å². The van der Waals surface area contributed by atoms with Gasteiger partial charge in [0.05, 0.1) is 6.61 Å². The zero-order chi connectivity index (χ0) is 11.1. The summed E-state index contributed by atoms with van der Waals surface area (Å²) in [6, 6.07) is 0. The van der Waals surface area contributed by atoms with Crippen molar-refractivity contribution < 1.29 is 14.3 Å². The smallest absolute Gasteiger partial charge is 0.332 e. The molecule has 1 aliphatic heterocycles. The normalized spacial score (nSPS) is 25.2. The maximum atomic E-state index is 11.1. The zero-order valence-corrected chi connectivity index (χ0v) is 9.57. The van der Waals surface area contributed by atoms with E-state index >= 15 is 0 Å². The molecule has 0 N–H and O–H groups in total. The predicted octanol–water partition coefficient (Wildman–Crippen LogP) is 2.66. The fourth-order valence-electron chi connectivity index (χ4n) is 1.61. The summed E-state index contributed by atoms with van der Waals surface area (Å²) in [5.74, 6) is 0.105. The Balaban J connectivity index is 2.17. The van der Waals surface area contributed by atoms with Gasteiger partial charge in [-0.15, -0.1) is 0 Å². The van der Waals surface area contributed by atoms with Gasteiger partial charge in [-0.3, -0.25) is 0 Å². The summed E-state index contributed by atoms with van der Waals surface area (Å²) in [4.78, 5) is 11.1. The van der Waals surface area contributed by atoms with Crippen molar-refractivity contribution in [3.63, 3.8) is 0 Å². The van der Waals surface area contributed by atoms with Crippen LogP contribution in [0.15, 0.2) is 12.2 Å². The third-order valence-corrected chi connectivity index (χ3v) is 2.57. The summed E-state index contributed by atoms with van der Waals surface area (Å²) < 4.78 is 10.3. The first-order valence-electron chi connectivity index (χ1n) is 5.72. The van der Waals surface area contributed by atoms with Gasteiger partial charge in [0.25, 0.3) is 0 Å². The molecule has 2 atom stereocenters. The van der Waals surface area contributed by atoms with Crippen LogP contribution in [-0.4, -0.2) is 18.9 Å². The number of ether oxygens (including phenoxy) is 2. The van der Waals surface area contributed by atoms with Gasteiger partial charge in [-0.25, -0.2) is 4.79 Å². The van der Waals surface area contributed by atoms with Gasteiger partial charge in [0.2, 0.25) is 6.29 Å². The van der Waals surface area contributed by atoms with Gasteiger partial charge in [-0.2, -0.15) is 0 Å². The average Bonchev–Trinajstić information content (AvgIpc) is 2.20. The highest BCUT2D eigenvalue weighted by Gasteiger charge is 2.34. The van der Waals surface area contributed by atoms with Gasteiger partial charge in [0, 0.05) is 12.0 Å². The van der Waals surface area contributed by atoms with Gasteiger partial charge in [0.1, 0.15) is 0 Å². The van der Waals surface area contributed by atoms with Crippen LogP contribution in [0.2, 0.25) is 0 Å². The van der Waals surface area contributed by atoms with Crippen LogP contribution in [0.25, 0.3) is 0 Å². The van der Waals surface area contributed by atoms with E-state index in [1.54, 1.807) is 13.0 Å². The molecule has 0 amide bonds. The summed E-state index contributed by atoms with van der Waals surface area (Å²) in [6.45, 7) is 4.71. The first-order chi connectivity index (χ1) is 7.27. The first-order valence-corrected chi connectivity index (χ1v) is 5.72. The van der Waals surface area contributed by atoms with E-state index in [2.05, 4.69) is 6.92 Å². The minimum Gasteiger partial charge on any atom is -0.432 e. The van der Waals surface area contributed by atoms with E-state index in [1.807, 2.05) is 0 Å². The van der Waals surface area contributed by atoms with Crippen molar-refractivity contribution >= 4 is 5.97 Å². The predicted molar refractivity (Wildman–Crippen MR) is 58.3 cm³/mol. The molecule has 0 radical (unpaired) electrons. The Morgan fingerprint density at radius 2 is 2.33 bits per heavy atom. The highest BCUT2D eigenvalue weighted by Crippen LogP contribution is 2.27. The molecule has 1 aliphatic rings. The molecule has 86 valence electrons. The largest absolute Gasteiger partial charge is 0.432 e. The molecular formula is C12H20O3. The van der Waals surface area contributed by atoms with Crippen LogP contribution in [0.5, 0.6) is 0 Å². The van der Waals surface area contributed by atoms with E-state index < -0.39 is 0 Å². The molecule has 1 heterocycles. The summed E-state index contributed by atoms with van der Waals surface area (Å²) >= 11 is 0. The van der Waals surface area contributed by atoms with E-state index in [4.69, 9.17) is 9.47 Å². The molecule has 0 aromatic heterocycles. The van der Waals surface area contributed by atoms with E-state index in [1.165, 1.54) is 25.3 Å². The van der Waals surface area contributed by atoms with Crippen molar-refractivity contribution in [1.82, 2.24) is 0 Å². The Morgan fingerprint density at radius 1 is 1.53 bits per heavy atom. The molecule has 0 aromatic rings. The lowest BCUT2D eigenvalue weighted by Gasteiger charge is -2.35. The maximum Gasteiger partial charge on any atom is 0.332 e. The monoisotopic (exact) mass is 212 g/mol. The van der Waals surface area contributed by atoms with Gasteiger partial charge >= 0.3 is 5.97 Å². The van der Waals surface area contributed by atoms with Gasteiger partial charge in [-0.05, 0) is 13.3 Å². The summed E-state index contributed by atoms with van der Waals surface area (Å²) in [5.41, 5.74) is 0. The Morgan fingerprint density at radius 3 is 2.87 bits per heavy atom. The molecule has 3 heteroatoms. The van der Waals surface area contributed by atoms with E-state index in [-0.39, 0.29) is 12.3 Å². The molecule has 3 nitrogen and oxygen atoms in total. The first kappa shape index (κ1) is 12.2. The number of rotatable bonds is 6. The van der Waals surface area contributed by atoms with E-state index in [9.17, 15) is 4.79 Å². The number of carbonyl (C=O) groups excluding carboxylic acids is 1. The van der Waals surface area contributed by atoms with Crippen molar-refractivity contribution in [2.45, 2.75) is 45.8 Å². The highest BCUT2D eigenvalue weighted by molar-refractivity contribution is 5.81. The second-order valence-electron chi connectivity index (χ2n) is 3.89. The van der Waals surface area contributed by atoms with Crippen LogP contribution < -0.4 is 0 Å². The van der Waals surface area contributed by atoms with Gasteiger partial charge < -0.3 is 9.47 Å².